The highest BCUT2D eigenvalue weighted by Gasteiger charge is 2.26. The van der Waals surface area contributed by atoms with Crippen molar-refractivity contribution in [3.05, 3.63) is 47.9 Å². The fourth-order valence-corrected chi connectivity index (χ4v) is 4.05. The van der Waals surface area contributed by atoms with E-state index in [1.807, 2.05) is 47.9 Å². The Morgan fingerprint density at radius 3 is 3.08 bits per heavy atom. The predicted molar refractivity (Wildman–Crippen MR) is 96.6 cm³/mol. The lowest BCUT2D eigenvalue weighted by atomic mass is 10.1. The fourth-order valence-electron chi connectivity index (χ4n) is 2.98. The zero-order valence-electron chi connectivity index (χ0n) is 13.6. The number of fused-ring (bicyclic) bond motifs is 2. The van der Waals surface area contributed by atoms with Gasteiger partial charge in [-0.25, -0.2) is 9.97 Å². The number of amides is 1. The van der Waals surface area contributed by atoms with Gasteiger partial charge in [-0.05, 0) is 31.0 Å². The van der Waals surface area contributed by atoms with Gasteiger partial charge < -0.3 is 9.88 Å². The normalized spacial score (nSPS) is 17.6. The summed E-state index contributed by atoms with van der Waals surface area (Å²) >= 11 is 1.81. The summed E-state index contributed by atoms with van der Waals surface area (Å²) in [5.41, 5.74) is 3.01. The quantitative estimate of drug-likeness (QED) is 0.735. The molecule has 0 saturated heterocycles. The predicted octanol–water partition coefficient (Wildman–Crippen LogP) is 3.65. The molecule has 0 aliphatic carbocycles. The maximum absolute atomic E-state index is 13.2. The molecule has 1 amide bonds. The van der Waals surface area contributed by atoms with E-state index in [1.54, 1.807) is 6.20 Å². The van der Waals surface area contributed by atoms with Crippen molar-refractivity contribution in [3.8, 4) is 0 Å². The number of imidazole rings is 1. The van der Waals surface area contributed by atoms with Crippen LogP contribution in [0.25, 0.3) is 11.2 Å². The molecule has 1 aliphatic heterocycles. The maximum atomic E-state index is 13.2. The second-order valence-corrected chi connectivity index (χ2v) is 7.28. The number of aromatic nitrogens is 3. The van der Waals surface area contributed by atoms with E-state index in [1.165, 1.54) is 0 Å². The van der Waals surface area contributed by atoms with Crippen molar-refractivity contribution < 1.29 is 4.79 Å². The summed E-state index contributed by atoms with van der Waals surface area (Å²) in [6, 6.07) is 9.94. The number of nitrogens with zero attached hydrogens (tertiary/aromatic N) is 3. The maximum Gasteiger partial charge on any atom is 0.259 e. The number of aryl methyl sites for hydroxylation is 1. The molecule has 3 aromatic rings. The van der Waals surface area contributed by atoms with Crippen LogP contribution in [0.15, 0.2) is 41.4 Å². The number of nitrogens with one attached hydrogen (secondary N) is 1. The van der Waals surface area contributed by atoms with E-state index in [4.69, 9.17) is 0 Å². The van der Waals surface area contributed by atoms with Crippen LogP contribution in [-0.4, -0.2) is 33.2 Å². The summed E-state index contributed by atoms with van der Waals surface area (Å²) in [6.45, 7) is 4.77. The summed E-state index contributed by atoms with van der Waals surface area (Å²) in [5, 5.41) is 0. The Balaban J connectivity index is 1.76. The van der Waals surface area contributed by atoms with Crippen molar-refractivity contribution in [3.63, 3.8) is 0 Å². The number of carbonyl (C=O) groups excluding carboxylic acids is 1. The number of benzene rings is 1. The number of para-hydroxylation sites is 1. The number of hydrogen-bond donors (Lipinski definition) is 1. The lowest BCUT2D eigenvalue weighted by molar-refractivity contribution is 0.0983. The SMILES string of the molecule is Cc1nc2ncc(C(=O)N3C[C@H](C)CSc4ccccc43)cc2[nH]1. The molecule has 1 aromatic carbocycles. The van der Waals surface area contributed by atoms with E-state index in [9.17, 15) is 4.79 Å². The van der Waals surface area contributed by atoms with Crippen LogP contribution in [0.4, 0.5) is 5.69 Å². The largest absolute Gasteiger partial charge is 0.341 e. The van der Waals surface area contributed by atoms with Crippen molar-refractivity contribution >= 4 is 34.5 Å². The van der Waals surface area contributed by atoms with Crippen molar-refractivity contribution in [1.29, 1.82) is 0 Å². The monoisotopic (exact) mass is 338 g/mol. The first kappa shape index (κ1) is 15.2. The average molecular weight is 338 g/mol. The Bertz CT molecular complexity index is 920. The highest BCUT2D eigenvalue weighted by molar-refractivity contribution is 7.99. The molecule has 0 spiro atoms. The highest BCUT2D eigenvalue weighted by Crippen LogP contribution is 2.36. The average Bonchev–Trinajstić information content (AvgIpc) is 2.87. The van der Waals surface area contributed by atoms with E-state index in [0.29, 0.717) is 23.7 Å². The minimum atomic E-state index is -0.0153. The topological polar surface area (TPSA) is 61.9 Å². The van der Waals surface area contributed by atoms with Gasteiger partial charge in [-0.15, -0.1) is 11.8 Å². The molecule has 0 unspecified atom stereocenters. The van der Waals surface area contributed by atoms with Gasteiger partial charge in [0.15, 0.2) is 5.65 Å². The Kier molecular flexibility index (Phi) is 3.76. The van der Waals surface area contributed by atoms with Crippen LogP contribution in [0.5, 0.6) is 0 Å². The van der Waals surface area contributed by atoms with Crippen LogP contribution in [0, 0.1) is 12.8 Å². The van der Waals surface area contributed by atoms with Crippen LogP contribution in [0.1, 0.15) is 23.1 Å². The summed E-state index contributed by atoms with van der Waals surface area (Å²) in [7, 11) is 0. The zero-order valence-corrected chi connectivity index (χ0v) is 14.4. The van der Waals surface area contributed by atoms with Crippen LogP contribution < -0.4 is 4.90 Å². The third-order valence-corrected chi connectivity index (χ3v) is 5.51. The molecule has 0 saturated carbocycles. The summed E-state index contributed by atoms with van der Waals surface area (Å²) in [5.74, 6) is 2.22. The molecule has 0 radical (unpaired) electrons. The van der Waals surface area contributed by atoms with Gasteiger partial charge in [0.05, 0.1) is 16.8 Å². The van der Waals surface area contributed by atoms with Gasteiger partial charge in [0.25, 0.3) is 5.91 Å². The van der Waals surface area contributed by atoms with Gasteiger partial charge in [-0.3, -0.25) is 4.79 Å². The van der Waals surface area contributed by atoms with Gasteiger partial charge in [0.2, 0.25) is 0 Å². The molecule has 3 heterocycles. The molecular formula is C18H18N4OS. The first-order chi connectivity index (χ1) is 11.6. The molecule has 1 N–H and O–H groups in total. The van der Waals surface area contributed by atoms with Gasteiger partial charge in [-0.1, -0.05) is 19.1 Å². The molecule has 6 heteroatoms. The lowest BCUT2D eigenvalue weighted by Gasteiger charge is -2.24. The Morgan fingerprint density at radius 1 is 1.38 bits per heavy atom. The number of aromatic amines is 1. The number of rotatable bonds is 1. The van der Waals surface area contributed by atoms with E-state index < -0.39 is 0 Å². The Hall–Kier alpha value is -2.34. The van der Waals surface area contributed by atoms with E-state index >= 15 is 0 Å². The summed E-state index contributed by atoms with van der Waals surface area (Å²) in [4.78, 5) is 28.0. The minimum absolute atomic E-state index is 0.0153. The first-order valence-corrected chi connectivity index (χ1v) is 8.96. The molecule has 24 heavy (non-hydrogen) atoms. The Morgan fingerprint density at radius 2 is 2.21 bits per heavy atom. The van der Waals surface area contributed by atoms with Gasteiger partial charge in [0, 0.05) is 23.4 Å². The molecular weight excluding hydrogens is 320 g/mol. The van der Waals surface area contributed by atoms with Crippen LogP contribution in [-0.2, 0) is 0 Å². The molecule has 5 nitrogen and oxygen atoms in total. The van der Waals surface area contributed by atoms with Crippen LogP contribution in [0.3, 0.4) is 0 Å². The molecule has 1 aliphatic rings. The second kappa shape index (κ2) is 5.94. The lowest BCUT2D eigenvalue weighted by Crippen LogP contribution is -2.34. The third-order valence-electron chi connectivity index (χ3n) is 4.12. The molecule has 4 rings (SSSR count). The number of thioether (sulfide) groups is 1. The summed E-state index contributed by atoms with van der Waals surface area (Å²) in [6.07, 6.45) is 1.62. The van der Waals surface area contributed by atoms with E-state index in [-0.39, 0.29) is 5.91 Å². The van der Waals surface area contributed by atoms with Gasteiger partial charge in [0.1, 0.15) is 5.82 Å². The van der Waals surface area contributed by atoms with Crippen LogP contribution in [0.2, 0.25) is 0 Å². The van der Waals surface area contributed by atoms with E-state index in [2.05, 4.69) is 27.9 Å². The Labute approximate surface area is 144 Å². The standard InChI is InChI=1S/C18H18N4OS/c1-11-9-22(15-5-3-4-6-16(15)24-10-11)18(23)13-7-14-17(19-8-13)21-12(2)20-14/h3-8,11H,9-10H2,1-2H3,(H,19,20,21)/t11-/m0/s1. The van der Waals surface area contributed by atoms with Gasteiger partial charge >= 0.3 is 0 Å². The van der Waals surface area contributed by atoms with Crippen molar-refractivity contribution in [1.82, 2.24) is 15.0 Å². The smallest absolute Gasteiger partial charge is 0.259 e. The number of carbonyl (C=O) groups is 1. The highest BCUT2D eigenvalue weighted by atomic mass is 32.2. The first-order valence-electron chi connectivity index (χ1n) is 7.98. The van der Waals surface area contributed by atoms with Gasteiger partial charge in [-0.2, -0.15) is 0 Å². The molecule has 122 valence electrons. The number of anilines is 1. The van der Waals surface area contributed by atoms with E-state index in [0.717, 1.165) is 27.7 Å². The third kappa shape index (κ3) is 2.67. The van der Waals surface area contributed by atoms with Crippen molar-refractivity contribution in [2.24, 2.45) is 5.92 Å². The molecule has 0 fully saturated rings. The fraction of sp³-hybridized carbons (Fsp3) is 0.278. The number of H-pyrrole nitrogens is 1. The summed E-state index contributed by atoms with van der Waals surface area (Å²) < 4.78 is 0. The number of pyridine rings is 1. The second-order valence-electron chi connectivity index (χ2n) is 6.22. The van der Waals surface area contributed by atoms with Crippen LogP contribution >= 0.6 is 11.8 Å². The molecule has 2 aromatic heterocycles. The molecule has 0 bridgehead atoms. The molecule has 1 atom stereocenters. The number of hydrogen-bond acceptors (Lipinski definition) is 4. The minimum Gasteiger partial charge on any atom is -0.341 e. The van der Waals surface area contributed by atoms with Crippen molar-refractivity contribution in [2.75, 3.05) is 17.2 Å². The van der Waals surface area contributed by atoms with Crippen molar-refractivity contribution in [2.45, 2.75) is 18.7 Å². The zero-order chi connectivity index (χ0) is 16.7.